The summed E-state index contributed by atoms with van der Waals surface area (Å²) in [4.78, 5) is 25.4. The highest BCUT2D eigenvalue weighted by Gasteiger charge is 2.34. The Morgan fingerprint density at radius 2 is 2.00 bits per heavy atom. The fraction of sp³-hybridized carbons (Fsp3) is 0.429. The first-order valence-electron chi connectivity index (χ1n) is 6.88. The normalized spacial score (nSPS) is 19.3. The quantitative estimate of drug-likeness (QED) is 0.865. The van der Waals surface area contributed by atoms with Crippen molar-refractivity contribution in [2.75, 3.05) is 30.4 Å². The van der Waals surface area contributed by atoms with Gasteiger partial charge in [0.1, 0.15) is 0 Å². The number of benzene rings is 1. The first-order chi connectivity index (χ1) is 10.7. The van der Waals surface area contributed by atoms with Crippen molar-refractivity contribution in [1.82, 2.24) is 4.90 Å². The van der Waals surface area contributed by atoms with Gasteiger partial charge in [0.15, 0.2) is 9.84 Å². The van der Waals surface area contributed by atoms with E-state index in [0.717, 1.165) is 0 Å². The molecule has 2 rings (SSSR count). The van der Waals surface area contributed by atoms with Gasteiger partial charge < -0.3 is 10.2 Å². The van der Waals surface area contributed by atoms with E-state index >= 15 is 0 Å². The van der Waals surface area contributed by atoms with Crippen LogP contribution in [0.25, 0.3) is 0 Å². The maximum absolute atomic E-state index is 12.2. The van der Waals surface area contributed by atoms with E-state index in [2.05, 4.69) is 5.32 Å². The van der Waals surface area contributed by atoms with Crippen molar-refractivity contribution < 1.29 is 18.0 Å². The van der Waals surface area contributed by atoms with Gasteiger partial charge in [-0.1, -0.05) is 23.2 Å². The summed E-state index contributed by atoms with van der Waals surface area (Å²) in [6.07, 6.45) is 0.305. The van der Waals surface area contributed by atoms with E-state index in [4.69, 9.17) is 23.2 Å². The number of rotatable bonds is 4. The first kappa shape index (κ1) is 18.0. The zero-order chi connectivity index (χ0) is 17.2. The summed E-state index contributed by atoms with van der Waals surface area (Å²) >= 11 is 11.7. The van der Waals surface area contributed by atoms with Gasteiger partial charge in [0.25, 0.3) is 0 Å². The van der Waals surface area contributed by atoms with Crippen molar-refractivity contribution in [2.45, 2.75) is 6.42 Å². The van der Waals surface area contributed by atoms with Crippen LogP contribution in [-0.2, 0) is 19.4 Å². The Bertz CT molecular complexity index is 736. The van der Waals surface area contributed by atoms with Crippen LogP contribution in [0.3, 0.4) is 0 Å². The summed E-state index contributed by atoms with van der Waals surface area (Å²) < 4.78 is 22.8. The predicted octanol–water partition coefficient (Wildman–Crippen LogP) is 1.82. The Labute approximate surface area is 144 Å². The highest BCUT2D eigenvalue weighted by molar-refractivity contribution is 7.91. The van der Waals surface area contributed by atoms with E-state index in [1.54, 1.807) is 12.1 Å². The van der Waals surface area contributed by atoms with Crippen molar-refractivity contribution >= 4 is 50.5 Å². The van der Waals surface area contributed by atoms with E-state index in [-0.39, 0.29) is 24.0 Å². The molecule has 1 saturated heterocycles. The number of anilines is 1. The van der Waals surface area contributed by atoms with Crippen molar-refractivity contribution in [3.63, 3.8) is 0 Å². The molecule has 1 atom stereocenters. The number of carbonyl (C=O) groups is 2. The van der Waals surface area contributed by atoms with Crippen LogP contribution in [0.1, 0.15) is 6.42 Å². The minimum Gasteiger partial charge on any atom is -0.336 e. The number of sulfone groups is 1. The maximum atomic E-state index is 12.2. The molecule has 2 amide bonds. The molecule has 1 N–H and O–H groups in total. The number of hydrogen-bond donors (Lipinski definition) is 1. The summed E-state index contributed by atoms with van der Waals surface area (Å²) in [5, 5.41) is 3.29. The van der Waals surface area contributed by atoms with Crippen molar-refractivity contribution in [2.24, 2.45) is 5.92 Å². The Balaban J connectivity index is 1.91. The van der Waals surface area contributed by atoms with Crippen LogP contribution >= 0.6 is 23.2 Å². The third-order valence-electron chi connectivity index (χ3n) is 3.54. The van der Waals surface area contributed by atoms with Crippen LogP contribution in [0.15, 0.2) is 18.2 Å². The van der Waals surface area contributed by atoms with E-state index in [1.807, 2.05) is 0 Å². The van der Waals surface area contributed by atoms with Crippen LogP contribution in [0, 0.1) is 5.92 Å². The molecule has 1 heterocycles. The van der Waals surface area contributed by atoms with Crippen LogP contribution < -0.4 is 5.32 Å². The van der Waals surface area contributed by atoms with Gasteiger partial charge in [-0.25, -0.2) is 8.42 Å². The zero-order valence-corrected chi connectivity index (χ0v) is 14.7. The van der Waals surface area contributed by atoms with Gasteiger partial charge in [0.2, 0.25) is 11.8 Å². The number of carbonyl (C=O) groups excluding carboxylic acids is 2. The lowest BCUT2D eigenvalue weighted by Gasteiger charge is -2.20. The second kappa shape index (κ2) is 7.07. The molecule has 23 heavy (non-hydrogen) atoms. The molecule has 0 spiro atoms. The van der Waals surface area contributed by atoms with Gasteiger partial charge in [-0.05, 0) is 24.6 Å². The molecule has 126 valence electrons. The summed E-state index contributed by atoms with van der Waals surface area (Å²) in [7, 11) is -1.66. The van der Waals surface area contributed by atoms with Crippen LogP contribution in [0.4, 0.5) is 5.69 Å². The monoisotopic (exact) mass is 378 g/mol. The molecule has 9 heteroatoms. The average Bonchev–Trinajstić information content (AvgIpc) is 2.82. The maximum Gasteiger partial charge on any atom is 0.243 e. The number of nitrogens with one attached hydrogen (secondary N) is 1. The van der Waals surface area contributed by atoms with Crippen molar-refractivity contribution in [3.05, 3.63) is 28.2 Å². The molecule has 0 aliphatic carbocycles. The summed E-state index contributed by atoms with van der Waals surface area (Å²) in [6, 6.07) is 4.66. The molecule has 0 aromatic heterocycles. The SMILES string of the molecule is CN(CC(=O)Nc1ccc(Cl)c(Cl)c1)C(=O)[C@H]1CCS(=O)(=O)C1. The zero-order valence-electron chi connectivity index (χ0n) is 12.4. The van der Waals surface area contributed by atoms with Crippen molar-refractivity contribution in [3.8, 4) is 0 Å². The van der Waals surface area contributed by atoms with Crippen LogP contribution in [0.2, 0.25) is 10.0 Å². The number of halogens is 2. The Hall–Kier alpha value is -1.31. The minimum atomic E-state index is -3.14. The second-order valence-corrected chi connectivity index (χ2v) is 8.51. The lowest BCUT2D eigenvalue weighted by atomic mass is 10.1. The fourth-order valence-corrected chi connectivity index (χ4v) is 4.40. The fourth-order valence-electron chi connectivity index (χ4n) is 2.37. The van der Waals surface area contributed by atoms with Crippen LogP contribution in [-0.4, -0.2) is 50.2 Å². The van der Waals surface area contributed by atoms with E-state index in [9.17, 15) is 18.0 Å². The number of likely N-dealkylation sites (N-methyl/N-ethyl adjacent to an activating group) is 1. The minimum absolute atomic E-state index is 0.0206. The standard InChI is InChI=1S/C14H16Cl2N2O4S/c1-18(14(20)9-4-5-23(21,22)8-9)7-13(19)17-10-2-3-11(15)12(16)6-10/h2-3,6,9H,4-5,7-8H2,1H3,(H,17,19)/t9-/m0/s1. The Morgan fingerprint density at radius 1 is 1.30 bits per heavy atom. The lowest BCUT2D eigenvalue weighted by molar-refractivity contribution is -0.136. The van der Waals surface area contributed by atoms with Gasteiger partial charge in [0, 0.05) is 12.7 Å². The molecule has 1 aromatic carbocycles. The van der Waals surface area contributed by atoms with Gasteiger partial charge in [-0.3, -0.25) is 9.59 Å². The largest absolute Gasteiger partial charge is 0.336 e. The van der Waals surface area contributed by atoms with E-state index in [1.165, 1.54) is 18.0 Å². The molecule has 1 aliphatic heterocycles. The molecular weight excluding hydrogens is 363 g/mol. The predicted molar refractivity (Wildman–Crippen MR) is 89.5 cm³/mol. The third-order valence-corrected chi connectivity index (χ3v) is 6.05. The second-order valence-electron chi connectivity index (χ2n) is 5.47. The van der Waals surface area contributed by atoms with Gasteiger partial charge in [-0.15, -0.1) is 0 Å². The van der Waals surface area contributed by atoms with Gasteiger partial charge >= 0.3 is 0 Å². The Morgan fingerprint density at radius 3 is 2.57 bits per heavy atom. The van der Waals surface area contributed by atoms with Gasteiger partial charge in [0.05, 0.1) is 34.0 Å². The summed E-state index contributed by atoms with van der Waals surface area (Å²) in [6.45, 7) is -0.171. The average molecular weight is 379 g/mol. The highest BCUT2D eigenvalue weighted by Crippen LogP contribution is 2.25. The third kappa shape index (κ3) is 4.83. The summed E-state index contributed by atoms with van der Waals surface area (Å²) in [5.74, 6) is -1.43. The molecular formula is C14H16Cl2N2O4S. The smallest absolute Gasteiger partial charge is 0.243 e. The highest BCUT2D eigenvalue weighted by atomic mass is 35.5. The van der Waals surface area contributed by atoms with Crippen molar-refractivity contribution in [1.29, 1.82) is 0 Å². The lowest BCUT2D eigenvalue weighted by Crippen LogP contribution is -2.39. The topological polar surface area (TPSA) is 83.6 Å². The molecule has 1 aromatic rings. The molecule has 6 nitrogen and oxygen atoms in total. The molecule has 0 radical (unpaired) electrons. The number of nitrogens with zero attached hydrogens (tertiary/aromatic N) is 1. The molecule has 1 aliphatic rings. The molecule has 0 saturated carbocycles. The molecule has 0 unspecified atom stereocenters. The van der Waals surface area contributed by atoms with Crippen LogP contribution in [0.5, 0.6) is 0 Å². The number of hydrogen-bond acceptors (Lipinski definition) is 4. The van der Waals surface area contributed by atoms with Gasteiger partial charge in [-0.2, -0.15) is 0 Å². The first-order valence-corrected chi connectivity index (χ1v) is 9.46. The van der Waals surface area contributed by atoms with E-state index in [0.29, 0.717) is 22.2 Å². The summed E-state index contributed by atoms with van der Waals surface area (Å²) in [5.41, 5.74) is 0.466. The Kier molecular flexibility index (Phi) is 5.54. The van der Waals surface area contributed by atoms with E-state index < -0.39 is 21.7 Å². The molecule has 1 fully saturated rings. The number of amides is 2. The molecule has 0 bridgehead atoms.